The Balaban J connectivity index is 3.01. The predicted octanol–water partition coefficient (Wildman–Crippen LogP) is 1.12. The van der Waals surface area contributed by atoms with Gasteiger partial charge in [0.05, 0.1) is 5.52 Å². The summed E-state index contributed by atoms with van der Waals surface area (Å²) in [6, 6.07) is 7.19. The molecule has 1 N–H and O–H groups in total. The minimum atomic E-state index is -0.402. The van der Waals surface area contributed by atoms with Gasteiger partial charge in [0.25, 0.3) is 0 Å². The van der Waals surface area contributed by atoms with Crippen molar-refractivity contribution < 1.29 is 4.42 Å². The van der Waals surface area contributed by atoms with E-state index in [4.69, 9.17) is 4.42 Å². The van der Waals surface area contributed by atoms with Gasteiger partial charge in [0.2, 0.25) is 0 Å². The lowest BCUT2D eigenvalue weighted by molar-refractivity contribution is 0.555. The normalized spacial score (nSPS) is 10.4. The van der Waals surface area contributed by atoms with Crippen molar-refractivity contribution in [2.45, 2.75) is 0 Å². The molecule has 0 radical (unpaired) electrons. The van der Waals surface area contributed by atoms with E-state index in [0.29, 0.717) is 5.58 Å². The highest BCUT2D eigenvalue weighted by Crippen LogP contribution is 2.06. The Morgan fingerprint density at radius 3 is 2.90 bits per heavy atom. The maximum Gasteiger partial charge on any atom is 0.417 e. The van der Waals surface area contributed by atoms with Gasteiger partial charge in [0, 0.05) is 0 Å². The maximum atomic E-state index is 10.6. The number of H-pyrrole nitrogens is 1. The molecule has 3 nitrogen and oxygen atoms in total. The lowest BCUT2D eigenvalue weighted by Gasteiger charge is -1.79. The van der Waals surface area contributed by atoms with Gasteiger partial charge in [-0.2, -0.15) is 0 Å². The fourth-order valence-corrected chi connectivity index (χ4v) is 0.894. The van der Waals surface area contributed by atoms with Crippen molar-refractivity contribution in [3.8, 4) is 0 Å². The Bertz CT molecular complexity index is 363. The van der Waals surface area contributed by atoms with E-state index >= 15 is 0 Å². The smallest absolute Gasteiger partial charge is 0.408 e. The van der Waals surface area contributed by atoms with E-state index in [0.717, 1.165) is 5.52 Å². The third-order valence-corrected chi connectivity index (χ3v) is 1.33. The van der Waals surface area contributed by atoms with Gasteiger partial charge in [0.1, 0.15) is 0 Å². The van der Waals surface area contributed by atoms with Crippen LogP contribution < -0.4 is 5.76 Å². The van der Waals surface area contributed by atoms with Crippen LogP contribution in [-0.4, -0.2) is 4.98 Å². The van der Waals surface area contributed by atoms with Crippen molar-refractivity contribution in [2.75, 3.05) is 0 Å². The number of aromatic nitrogens is 1. The molecule has 0 amide bonds. The van der Waals surface area contributed by atoms with Gasteiger partial charge in [-0.25, -0.2) is 4.79 Å². The monoisotopic (exact) mass is 138 g/mol. The second kappa shape index (κ2) is 1.73. The van der Waals surface area contributed by atoms with E-state index in [1.54, 1.807) is 12.1 Å². The molecule has 0 saturated carbocycles. The molecule has 2 aromatic rings. The molecule has 0 aliphatic heterocycles. The standard InChI is InChI=1S/C7H5NO2/c9-7-8-5-3-1-2-4-6(5)10-7/h1-4H,(H,8,9)/i7+1,9+2. The highest BCUT2D eigenvalue weighted by atomic mass is 18.1. The Morgan fingerprint density at radius 2 is 2.10 bits per heavy atom. The van der Waals surface area contributed by atoms with Crippen LogP contribution in [-0.2, 0) is 0 Å². The zero-order chi connectivity index (χ0) is 6.97. The molecule has 0 aliphatic carbocycles. The maximum absolute atomic E-state index is 10.6. The van der Waals surface area contributed by atoms with Gasteiger partial charge >= 0.3 is 5.76 Å². The fraction of sp³-hybridized carbons (Fsp3) is 0. The van der Waals surface area contributed by atoms with Gasteiger partial charge in [-0.15, -0.1) is 0 Å². The van der Waals surface area contributed by atoms with Crippen LogP contribution in [0.3, 0.4) is 0 Å². The molecule has 0 fully saturated rings. The van der Waals surface area contributed by atoms with E-state index < -0.39 is 5.76 Å². The Labute approximate surface area is 56.3 Å². The van der Waals surface area contributed by atoms with E-state index in [2.05, 4.69) is 4.98 Å². The Hall–Kier alpha value is -1.51. The van der Waals surface area contributed by atoms with Crippen molar-refractivity contribution in [3.63, 3.8) is 0 Å². The summed E-state index contributed by atoms with van der Waals surface area (Å²) in [4.78, 5) is 13.1. The molecule has 10 heavy (non-hydrogen) atoms. The lowest BCUT2D eigenvalue weighted by atomic mass is 10.3. The lowest BCUT2D eigenvalue weighted by Crippen LogP contribution is -1.92. The fourth-order valence-electron chi connectivity index (χ4n) is 0.894. The molecule has 50 valence electrons. The summed E-state index contributed by atoms with van der Waals surface area (Å²) >= 11 is 0. The van der Waals surface area contributed by atoms with Gasteiger partial charge in [-0.3, -0.25) is 4.98 Å². The third-order valence-electron chi connectivity index (χ3n) is 1.33. The second-order valence-electron chi connectivity index (χ2n) is 2.01. The topological polar surface area (TPSA) is 46.0 Å². The predicted molar refractivity (Wildman–Crippen MR) is 36.8 cm³/mol. The van der Waals surface area contributed by atoms with Crippen LogP contribution in [0.15, 0.2) is 33.5 Å². The SMILES string of the molecule is [18O]=[13c]1[nH]c2ccccc2o1. The first-order valence-corrected chi connectivity index (χ1v) is 2.94. The second-order valence-corrected chi connectivity index (χ2v) is 2.01. The van der Waals surface area contributed by atoms with Crippen LogP contribution in [0.4, 0.5) is 0 Å². The van der Waals surface area contributed by atoms with Crippen LogP contribution in [0.2, 0.25) is 0 Å². The molecular weight excluding hydrogens is 133 g/mol. The summed E-state index contributed by atoms with van der Waals surface area (Å²) in [7, 11) is 0. The summed E-state index contributed by atoms with van der Waals surface area (Å²) in [6.07, 6.45) is 0. The molecule has 0 bridgehead atoms. The van der Waals surface area contributed by atoms with Crippen molar-refractivity contribution in [3.05, 3.63) is 34.8 Å². The average Bonchev–Trinajstić information content (AvgIpc) is 2.27. The number of oxazole rings is 1. The highest BCUT2D eigenvalue weighted by molar-refractivity contribution is 5.71. The molecule has 0 unspecified atom stereocenters. The number of para-hydroxylation sites is 2. The summed E-state index contributed by atoms with van der Waals surface area (Å²) in [6.45, 7) is 0. The van der Waals surface area contributed by atoms with Crippen molar-refractivity contribution in [2.24, 2.45) is 0 Å². The number of nitrogens with one attached hydrogen (secondary N) is 1. The number of hydrogen-bond acceptors (Lipinski definition) is 2. The van der Waals surface area contributed by atoms with Crippen LogP contribution in [0.5, 0.6) is 0 Å². The van der Waals surface area contributed by atoms with E-state index in [1.165, 1.54) is 0 Å². The Morgan fingerprint density at radius 1 is 1.30 bits per heavy atom. The first-order chi connectivity index (χ1) is 4.86. The number of hydrogen-bond donors (Lipinski definition) is 1. The molecule has 0 saturated heterocycles. The van der Waals surface area contributed by atoms with E-state index in [-0.39, 0.29) is 0 Å². The van der Waals surface area contributed by atoms with Crippen molar-refractivity contribution in [1.29, 1.82) is 0 Å². The van der Waals surface area contributed by atoms with Gasteiger partial charge < -0.3 is 4.42 Å². The third kappa shape index (κ3) is 0.639. The quantitative estimate of drug-likeness (QED) is 0.554. The first kappa shape index (κ1) is 5.29. The minimum Gasteiger partial charge on any atom is -0.408 e. The number of benzene rings is 1. The van der Waals surface area contributed by atoms with Gasteiger partial charge in [-0.05, 0) is 12.1 Å². The largest absolute Gasteiger partial charge is 0.417 e. The van der Waals surface area contributed by atoms with E-state index in [1.807, 2.05) is 12.1 Å². The molecule has 1 heterocycles. The molecular formula is C7H5NO2. The van der Waals surface area contributed by atoms with Crippen LogP contribution in [0, 0.1) is 0 Å². The van der Waals surface area contributed by atoms with Crippen LogP contribution >= 0.6 is 0 Å². The van der Waals surface area contributed by atoms with Crippen molar-refractivity contribution >= 4 is 11.1 Å². The summed E-state index contributed by atoms with van der Waals surface area (Å²) in [5.41, 5.74) is 1.35. The zero-order valence-corrected chi connectivity index (χ0v) is 5.13. The molecule has 1 aromatic carbocycles. The Kier molecular flexibility index (Phi) is 0.917. The molecule has 3 heteroatoms. The number of fused-ring (bicyclic) bond motifs is 1. The number of rotatable bonds is 0. The van der Waals surface area contributed by atoms with Crippen LogP contribution in [0.25, 0.3) is 11.1 Å². The van der Waals surface area contributed by atoms with Crippen molar-refractivity contribution in [1.82, 2.24) is 4.98 Å². The highest BCUT2D eigenvalue weighted by Gasteiger charge is 1.95. The van der Waals surface area contributed by atoms with Gasteiger partial charge in [-0.1, -0.05) is 12.1 Å². The minimum absolute atomic E-state index is 0.402. The zero-order valence-electron chi connectivity index (χ0n) is 5.13. The average molecular weight is 138 g/mol. The molecule has 0 aliphatic rings. The molecule has 2 rings (SSSR count). The van der Waals surface area contributed by atoms with Crippen LogP contribution in [0.1, 0.15) is 0 Å². The number of aromatic amines is 1. The van der Waals surface area contributed by atoms with E-state index in [9.17, 15) is 4.79 Å². The summed E-state index contributed by atoms with van der Waals surface area (Å²) in [5.74, 6) is -0.402. The molecule has 0 atom stereocenters. The van der Waals surface area contributed by atoms with Gasteiger partial charge in [0.15, 0.2) is 5.58 Å². The first-order valence-electron chi connectivity index (χ1n) is 2.94. The molecule has 0 spiro atoms. The summed E-state index contributed by atoms with van der Waals surface area (Å²) < 4.78 is 4.76. The summed E-state index contributed by atoms with van der Waals surface area (Å²) in [5, 5.41) is 0. The molecule has 1 aromatic heterocycles.